The van der Waals surface area contributed by atoms with Gasteiger partial charge in [0.2, 0.25) is 0 Å². The van der Waals surface area contributed by atoms with Crippen molar-refractivity contribution in [1.82, 2.24) is 0 Å². The van der Waals surface area contributed by atoms with Crippen LogP contribution in [-0.2, 0) is 11.8 Å². The third kappa shape index (κ3) is 6.17. The van der Waals surface area contributed by atoms with Gasteiger partial charge in [-0.1, -0.05) is 172 Å². The Morgan fingerprint density at radius 1 is 0.661 bits per heavy atom. The number of hydrogen-bond donors (Lipinski definition) is 0. The Balaban J connectivity index is 1.01. The summed E-state index contributed by atoms with van der Waals surface area (Å²) in [7, 11) is 0. The molecule has 9 rings (SSSR count). The van der Waals surface area contributed by atoms with Crippen molar-refractivity contribution in [3.05, 3.63) is 216 Å². The zero-order chi connectivity index (χ0) is 38.6. The molecule has 0 amide bonds. The van der Waals surface area contributed by atoms with Crippen LogP contribution >= 0.6 is 11.3 Å². The average molecular weight is 739 g/mol. The molecule has 0 nitrogen and oxygen atoms in total. The Labute approximate surface area is 334 Å². The molecule has 6 aromatic carbocycles. The van der Waals surface area contributed by atoms with E-state index in [1.165, 1.54) is 91.5 Å². The fourth-order valence-corrected chi connectivity index (χ4v) is 10.1. The Morgan fingerprint density at radius 2 is 1.34 bits per heavy atom. The molecule has 0 aliphatic heterocycles. The SMILES string of the molecule is C=C(/C=C\C(=C)c1c2ccccc2c(/C(C)=C/C=C2/C=CC=CC2)c2ccccc12)/C(C)=C/C=C1\Cc2ccc3cc4sc5ccccc5c4cc3c2C1(C)C. The van der Waals surface area contributed by atoms with E-state index in [-0.39, 0.29) is 5.41 Å². The van der Waals surface area contributed by atoms with Gasteiger partial charge in [0.15, 0.2) is 0 Å². The Kier molecular flexibility index (Phi) is 9.07. The van der Waals surface area contributed by atoms with Crippen LogP contribution in [0.4, 0.5) is 0 Å². The molecule has 0 saturated heterocycles. The van der Waals surface area contributed by atoms with Crippen molar-refractivity contribution in [2.75, 3.05) is 0 Å². The molecule has 0 saturated carbocycles. The molecule has 1 aromatic heterocycles. The lowest BCUT2D eigenvalue weighted by molar-refractivity contribution is 0.649. The number of rotatable bonds is 7. The predicted molar refractivity (Wildman–Crippen MR) is 249 cm³/mol. The highest BCUT2D eigenvalue weighted by Gasteiger charge is 2.35. The van der Waals surface area contributed by atoms with Crippen molar-refractivity contribution >= 4 is 75.0 Å². The first-order valence-corrected chi connectivity index (χ1v) is 20.5. The molecular formula is C55H46S. The van der Waals surface area contributed by atoms with E-state index in [9.17, 15) is 0 Å². The predicted octanol–water partition coefficient (Wildman–Crippen LogP) is 15.9. The maximum absolute atomic E-state index is 4.64. The van der Waals surface area contributed by atoms with Gasteiger partial charge < -0.3 is 0 Å². The first-order chi connectivity index (χ1) is 27.2. The summed E-state index contributed by atoms with van der Waals surface area (Å²) in [5, 5.41) is 10.3. The minimum atomic E-state index is -0.0838. The normalized spacial score (nSPS) is 17.1. The molecule has 0 fully saturated rings. The largest absolute Gasteiger partial charge is 0.135 e. The van der Waals surface area contributed by atoms with Crippen molar-refractivity contribution < 1.29 is 0 Å². The van der Waals surface area contributed by atoms with E-state index in [0.29, 0.717) is 0 Å². The Hall–Kier alpha value is -6.02. The maximum atomic E-state index is 4.64. The fourth-order valence-electron chi connectivity index (χ4n) is 8.94. The molecule has 7 aromatic rings. The molecule has 56 heavy (non-hydrogen) atoms. The van der Waals surface area contributed by atoms with Crippen LogP contribution in [0, 0.1) is 0 Å². The van der Waals surface area contributed by atoms with E-state index in [4.69, 9.17) is 0 Å². The van der Waals surface area contributed by atoms with E-state index in [1.807, 2.05) is 11.3 Å². The molecule has 0 bridgehead atoms. The van der Waals surface area contributed by atoms with Crippen LogP contribution in [0.25, 0.3) is 63.6 Å². The van der Waals surface area contributed by atoms with Gasteiger partial charge in [0, 0.05) is 25.6 Å². The molecule has 2 aliphatic carbocycles. The van der Waals surface area contributed by atoms with Crippen molar-refractivity contribution in [1.29, 1.82) is 0 Å². The molecule has 0 spiro atoms. The topological polar surface area (TPSA) is 0 Å². The standard InChI is InChI=1S/C55H46S/c1-35(36(2)27-31-42-32-41-30-29-40-33-51-49(34-48(40)54(41)55(42,5)6)43-18-14-15-23-50(43)56-51)24-25-37(3)52-44-19-10-12-21-46(44)53(47-22-13-11-20-45(47)52)38(4)26-28-39-16-8-7-9-17-39/h7-16,18-31,33-34H,1,3,17,32H2,2,4-6H3/b25-24-,36-27+,38-26+,39-28-,42-31+. The highest BCUT2D eigenvalue weighted by atomic mass is 32.1. The molecule has 0 N–H and O–H groups in total. The molecule has 272 valence electrons. The third-order valence-electron chi connectivity index (χ3n) is 12.0. The minimum absolute atomic E-state index is 0.0838. The second kappa shape index (κ2) is 14.2. The van der Waals surface area contributed by atoms with Crippen molar-refractivity contribution in [2.24, 2.45) is 0 Å². The van der Waals surface area contributed by atoms with E-state index >= 15 is 0 Å². The third-order valence-corrected chi connectivity index (χ3v) is 13.2. The van der Waals surface area contributed by atoms with Gasteiger partial charge in [0.05, 0.1) is 0 Å². The van der Waals surface area contributed by atoms with Crippen molar-refractivity contribution in [3.8, 4) is 0 Å². The van der Waals surface area contributed by atoms with Gasteiger partial charge >= 0.3 is 0 Å². The minimum Gasteiger partial charge on any atom is -0.135 e. The van der Waals surface area contributed by atoms with E-state index in [2.05, 4.69) is 199 Å². The van der Waals surface area contributed by atoms with Gasteiger partial charge in [-0.05, 0) is 127 Å². The van der Waals surface area contributed by atoms with Gasteiger partial charge in [-0.25, -0.2) is 0 Å². The quantitative estimate of drug-likeness (QED) is 0.113. The molecule has 1 heterocycles. The van der Waals surface area contributed by atoms with Crippen LogP contribution in [0.5, 0.6) is 0 Å². The second-order valence-corrected chi connectivity index (χ2v) is 17.0. The molecule has 0 atom stereocenters. The second-order valence-electron chi connectivity index (χ2n) is 15.9. The molecule has 2 aliphatic rings. The number of benzene rings is 6. The van der Waals surface area contributed by atoms with E-state index in [0.717, 1.165) is 29.6 Å². The summed E-state index contributed by atoms with van der Waals surface area (Å²) in [4.78, 5) is 0. The Morgan fingerprint density at radius 3 is 2.04 bits per heavy atom. The first kappa shape index (κ1) is 35.7. The number of fused-ring (bicyclic) bond motifs is 8. The van der Waals surface area contributed by atoms with E-state index < -0.39 is 0 Å². The lowest BCUT2D eigenvalue weighted by Gasteiger charge is -2.23. The zero-order valence-corrected chi connectivity index (χ0v) is 33.6. The fraction of sp³-hybridized carbons (Fsp3) is 0.127. The average Bonchev–Trinajstić information content (AvgIpc) is 3.71. The summed E-state index contributed by atoms with van der Waals surface area (Å²) < 4.78 is 2.71. The van der Waals surface area contributed by atoms with Crippen LogP contribution in [0.3, 0.4) is 0 Å². The Bertz CT molecular complexity index is 2970. The molecule has 0 unspecified atom stereocenters. The van der Waals surface area contributed by atoms with Crippen molar-refractivity contribution in [3.63, 3.8) is 0 Å². The lowest BCUT2D eigenvalue weighted by atomic mass is 9.80. The van der Waals surface area contributed by atoms with Crippen LogP contribution in [0.15, 0.2) is 193 Å². The van der Waals surface area contributed by atoms with Gasteiger partial charge in [0.25, 0.3) is 0 Å². The monoisotopic (exact) mass is 738 g/mol. The summed E-state index contributed by atoms with van der Waals surface area (Å²) in [6.07, 6.45) is 24.0. The number of hydrogen-bond acceptors (Lipinski definition) is 1. The van der Waals surface area contributed by atoms with Crippen LogP contribution in [-0.4, -0.2) is 0 Å². The summed E-state index contributed by atoms with van der Waals surface area (Å²) in [5.74, 6) is 0. The summed E-state index contributed by atoms with van der Waals surface area (Å²) in [6.45, 7) is 18.3. The first-order valence-electron chi connectivity index (χ1n) is 19.7. The van der Waals surface area contributed by atoms with Gasteiger partial charge in [-0.3, -0.25) is 0 Å². The van der Waals surface area contributed by atoms with Crippen LogP contribution in [0.2, 0.25) is 0 Å². The maximum Gasteiger partial charge on any atom is 0.0361 e. The molecular weight excluding hydrogens is 693 g/mol. The highest BCUT2D eigenvalue weighted by molar-refractivity contribution is 7.25. The number of allylic oxidation sites excluding steroid dienone is 16. The van der Waals surface area contributed by atoms with Crippen molar-refractivity contribution in [2.45, 2.75) is 46.0 Å². The van der Waals surface area contributed by atoms with E-state index in [1.54, 1.807) is 0 Å². The molecule has 0 radical (unpaired) electrons. The highest BCUT2D eigenvalue weighted by Crippen LogP contribution is 2.48. The number of thiophene rings is 1. The van der Waals surface area contributed by atoms with Crippen LogP contribution in [0.1, 0.15) is 56.4 Å². The van der Waals surface area contributed by atoms with Crippen LogP contribution < -0.4 is 0 Å². The summed E-state index contributed by atoms with van der Waals surface area (Å²) in [5.41, 5.74) is 12.4. The van der Waals surface area contributed by atoms with Gasteiger partial charge in [-0.2, -0.15) is 0 Å². The van der Waals surface area contributed by atoms with Gasteiger partial charge in [0.1, 0.15) is 0 Å². The lowest BCUT2D eigenvalue weighted by Crippen LogP contribution is -2.15. The summed E-state index contributed by atoms with van der Waals surface area (Å²) >= 11 is 1.89. The molecule has 1 heteroatoms. The smallest absolute Gasteiger partial charge is 0.0361 e. The van der Waals surface area contributed by atoms with Gasteiger partial charge in [-0.15, -0.1) is 11.3 Å². The summed E-state index contributed by atoms with van der Waals surface area (Å²) in [6, 6.07) is 35.9. The zero-order valence-electron chi connectivity index (χ0n) is 32.7.